The first-order valence-corrected chi connectivity index (χ1v) is 5.09. The highest BCUT2D eigenvalue weighted by Crippen LogP contribution is 2.43. The molecule has 0 saturated carbocycles. The van der Waals surface area contributed by atoms with Gasteiger partial charge in [-0.2, -0.15) is 8.78 Å². The molecule has 1 aromatic rings. The molecule has 0 aliphatic heterocycles. The molecule has 0 amide bonds. The second kappa shape index (κ2) is 4.25. The van der Waals surface area contributed by atoms with Crippen molar-refractivity contribution >= 4 is 6.29 Å². The minimum Gasteiger partial charge on any atom is -0.493 e. The fourth-order valence-electron chi connectivity index (χ4n) is 1.48. The third-order valence-electron chi connectivity index (χ3n) is 2.56. The van der Waals surface area contributed by atoms with E-state index in [0.29, 0.717) is 11.8 Å². The molecule has 0 bridgehead atoms. The Balaban J connectivity index is 2.32. The number of allylic oxidation sites excluding steroid dienone is 2. The molecule has 0 aromatic heterocycles. The summed E-state index contributed by atoms with van der Waals surface area (Å²) in [6.45, 7) is 3.19. The number of benzene rings is 1. The molecule has 0 saturated heterocycles. The maximum Gasteiger partial charge on any atom is 0.329 e. The minimum atomic E-state index is -3.16. The molecule has 0 atom stereocenters. The van der Waals surface area contributed by atoms with Crippen LogP contribution in [0.3, 0.4) is 0 Å². The number of halogens is 2. The SMILES string of the molecule is C=C1C=C(Oc2cc(C=O)ccc2OC)C1(F)F. The van der Waals surface area contributed by atoms with Crippen LogP contribution >= 0.6 is 0 Å². The Morgan fingerprint density at radius 1 is 1.33 bits per heavy atom. The molecular formula is C13H10F2O3. The van der Waals surface area contributed by atoms with Gasteiger partial charge >= 0.3 is 5.92 Å². The lowest BCUT2D eigenvalue weighted by Crippen LogP contribution is -2.32. The standard InChI is InChI=1S/C13H10F2O3/c1-8-5-12(13(8,14)15)18-11-6-9(7-16)3-4-10(11)17-2/h3-7H,1H2,2H3. The zero-order valence-corrected chi connectivity index (χ0v) is 9.57. The van der Waals surface area contributed by atoms with Gasteiger partial charge in [-0.3, -0.25) is 4.79 Å². The molecule has 0 fully saturated rings. The summed E-state index contributed by atoms with van der Waals surface area (Å²) in [5.74, 6) is -3.33. The molecule has 1 aliphatic rings. The first kappa shape index (κ1) is 12.3. The van der Waals surface area contributed by atoms with Crippen molar-refractivity contribution in [3.8, 4) is 11.5 Å². The van der Waals surface area contributed by atoms with Crippen LogP contribution in [-0.2, 0) is 0 Å². The van der Waals surface area contributed by atoms with E-state index in [1.807, 2.05) is 0 Å². The van der Waals surface area contributed by atoms with Crippen LogP contribution in [0, 0.1) is 0 Å². The van der Waals surface area contributed by atoms with E-state index in [9.17, 15) is 13.6 Å². The number of carbonyl (C=O) groups excluding carboxylic acids is 1. The summed E-state index contributed by atoms with van der Waals surface area (Å²) in [5.41, 5.74) is 0.0101. The Morgan fingerprint density at radius 2 is 2.06 bits per heavy atom. The van der Waals surface area contributed by atoms with Crippen LogP contribution in [0.5, 0.6) is 11.5 Å². The molecule has 0 radical (unpaired) electrons. The molecule has 0 unspecified atom stereocenters. The van der Waals surface area contributed by atoms with E-state index in [-0.39, 0.29) is 17.1 Å². The second-order valence-corrected chi connectivity index (χ2v) is 3.74. The zero-order chi connectivity index (χ0) is 13.3. The van der Waals surface area contributed by atoms with Crippen LogP contribution in [0.15, 0.2) is 42.2 Å². The van der Waals surface area contributed by atoms with E-state index in [1.165, 1.54) is 25.3 Å². The normalized spacial score (nSPS) is 16.6. The molecule has 0 N–H and O–H groups in total. The molecule has 2 rings (SSSR count). The summed E-state index contributed by atoms with van der Waals surface area (Å²) in [6, 6.07) is 4.32. The van der Waals surface area contributed by atoms with Gasteiger partial charge in [-0.05, 0) is 24.3 Å². The number of rotatable bonds is 4. The van der Waals surface area contributed by atoms with Crippen LogP contribution in [0.2, 0.25) is 0 Å². The maximum atomic E-state index is 13.3. The number of aldehydes is 1. The van der Waals surface area contributed by atoms with Crippen LogP contribution in [0.4, 0.5) is 8.78 Å². The lowest BCUT2D eigenvalue weighted by molar-refractivity contribution is 0.0281. The van der Waals surface area contributed by atoms with Crippen molar-refractivity contribution in [3.05, 3.63) is 47.7 Å². The van der Waals surface area contributed by atoms with E-state index in [4.69, 9.17) is 9.47 Å². The van der Waals surface area contributed by atoms with Crippen LogP contribution < -0.4 is 9.47 Å². The Kier molecular flexibility index (Phi) is 2.90. The highest BCUT2D eigenvalue weighted by molar-refractivity contribution is 5.76. The van der Waals surface area contributed by atoms with Gasteiger partial charge in [-0.15, -0.1) is 0 Å². The van der Waals surface area contributed by atoms with Gasteiger partial charge in [-0.1, -0.05) is 6.58 Å². The fourth-order valence-corrected chi connectivity index (χ4v) is 1.48. The van der Waals surface area contributed by atoms with Crippen molar-refractivity contribution in [2.45, 2.75) is 5.92 Å². The number of methoxy groups -OCH3 is 1. The third kappa shape index (κ3) is 1.88. The molecule has 3 nitrogen and oxygen atoms in total. The van der Waals surface area contributed by atoms with Crippen molar-refractivity contribution in [1.29, 1.82) is 0 Å². The van der Waals surface area contributed by atoms with Crippen LogP contribution in [0.25, 0.3) is 0 Å². The predicted molar refractivity (Wildman–Crippen MR) is 61.2 cm³/mol. The zero-order valence-electron chi connectivity index (χ0n) is 9.57. The molecule has 0 spiro atoms. The number of hydrogen-bond acceptors (Lipinski definition) is 3. The topological polar surface area (TPSA) is 35.5 Å². The molecule has 94 valence electrons. The van der Waals surface area contributed by atoms with Crippen LogP contribution in [-0.4, -0.2) is 19.3 Å². The molecule has 1 aliphatic carbocycles. The van der Waals surface area contributed by atoms with Crippen molar-refractivity contribution in [3.63, 3.8) is 0 Å². The second-order valence-electron chi connectivity index (χ2n) is 3.74. The maximum absolute atomic E-state index is 13.3. The monoisotopic (exact) mass is 252 g/mol. The molecule has 0 heterocycles. The number of alkyl halides is 2. The van der Waals surface area contributed by atoms with Gasteiger partial charge in [0.15, 0.2) is 17.3 Å². The smallest absolute Gasteiger partial charge is 0.329 e. The highest BCUT2D eigenvalue weighted by Gasteiger charge is 2.47. The first-order valence-electron chi connectivity index (χ1n) is 5.09. The van der Waals surface area contributed by atoms with Gasteiger partial charge in [0.25, 0.3) is 0 Å². The van der Waals surface area contributed by atoms with E-state index in [0.717, 1.165) is 6.08 Å². The molecular weight excluding hydrogens is 242 g/mol. The summed E-state index contributed by atoms with van der Waals surface area (Å²) < 4.78 is 36.6. The predicted octanol–water partition coefficient (Wildman–Crippen LogP) is 2.98. The Hall–Kier alpha value is -2.17. The molecule has 5 heteroatoms. The Morgan fingerprint density at radius 3 is 2.56 bits per heavy atom. The largest absolute Gasteiger partial charge is 0.493 e. The van der Waals surface area contributed by atoms with Gasteiger partial charge < -0.3 is 9.47 Å². The van der Waals surface area contributed by atoms with E-state index < -0.39 is 11.7 Å². The summed E-state index contributed by atoms with van der Waals surface area (Å²) in [6.07, 6.45) is 1.74. The van der Waals surface area contributed by atoms with Crippen molar-refractivity contribution < 1.29 is 23.0 Å². The van der Waals surface area contributed by atoms with E-state index in [2.05, 4.69) is 6.58 Å². The van der Waals surface area contributed by atoms with Crippen molar-refractivity contribution in [2.75, 3.05) is 7.11 Å². The van der Waals surface area contributed by atoms with E-state index >= 15 is 0 Å². The quantitative estimate of drug-likeness (QED) is 0.773. The third-order valence-corrected chi connectivity index (χ3v) is 2.56. The van der Waals surface area contributed by atoms with E-state index in [1.54, 1.807) is 0 Å². The van der Waals surface area contributed by atoms with Crippen molar-refractivity contribution in [1.82, 2.24) is 0 Å². The number of ether oxygens (including phenoxy) is 2. The van der Waals surface area contributed by atoms with Crippen molar-refractivity contribution in [2.24, 2.45) is 0 Å². The van der Waals surface area contributed by atoms with Crippen LogP contribution in [0.1, 0.15) is 10.4 Å². The van der Waals surface area contributed by atoms with Gasteiger partial charge in [0.1, 0.15) is 6.29 Å². The average Bonchev–Trinajstić information content (AvgIpc) is 2.38. The summed E-state index contributed by atoms with van der Waals surface area (Å²) >= 11 is 0. The summed E-state index contributed by atoms with van der Waals surface area (Å²) in [7, 11) is 1.38. The number of hydrogen-bond donors (Lipinski definition) is 0. The summed E-state index contributed by atoms with van der Waals surface area (Å²) in [5, 5.41) is 0. The molecule has 1 aromatic carbocycles. The summed E-state index contributed by atoms with van der Waals surface area (Å²) in [4.78, 5) is 10.6. The molecule has 18 heavy (non-hydrogen) atoms. The van der Waals surface area contributed by atoms with Gasteiger partial charge in [0.2, 0.25) is 0 Å². The number of carbonyl (C=O) groups is 1. The van der Waals surface area contributed by atoms with Gasteiger partial charge in [0, 0.05) is 11.1 Å². The average molecular weight is 252 g/mol. The lowest BCUT2D eigenvalue weighted by Gasteiger charge is -2.28. The fraction of sp³-hybridized carbons (Fsp3) is 0.154. The van der Waals surface area contributed by atoms with Gasteiger partial charge in [0.05, 0.1) is 7.11 Å². The Labute approximate surface area is 102 Å². The highest BCUT2D eigenvalue weighted by atomic mass is 19.3. The minimum absolute atomic E-state index is 0.0699. The Bertz CT molecular complexity index is 547. The van der Waals surface area contributed by atoms with Gasteiger partial charge in [-0.25, -0.2) is 0 Å². The first-order chi connectivity index (χ1) is 8.48. The lowest BCUT2D eigenvalue weighted by atomic mass is 9.97.